The molecule has 3 N–H and O–H groups in total. The summed E-state index contributed by atoms with van der Waals surface area (Å²) in [5, 5.41) is 3.94. The number of H-pyrrole nitrogens is 1. The Hall–Kier alpha value is -3.59. The SMILES string of the molecule is C.NC(=O)c1cc(F)cc(-c2nn(-c3c(F)cccc3F)c3c(Cl)c[nH]c(=O)c23)c1. The van der Waals surface area contributed by atoms with E-state index in [4.69, 9.17) is 17.3 Å². The molecule has 0 aliphatic rings. The van der Waals surface area contributed by atoms with E-state index in [0.717, 1.165) is 35.1 Å². The molecule has 0 saturated carbocycles. The molecule has 0 saturated heterocycles. The van der Waals surface area contributed by atoms with Crippen LogP contribution in [0, 0.1) is 17.5 Å². The van der Waals surface area contributed by atoms with E-state index in [1.807, 2.05) is 0 Å². The number of carbonyl (C=O) groups is 1. The van der Waals surface area contributed by atoms with E-state index in [1.165, 1.54) is 12.1 Å². The van der Waals surface area contributed by atoms with E-state index in [1.54, 1.807) is 0 Å². The quantitative estimate of drug-likeness (QED) is 0.506. The lowest BCUT2D eigenvalue weighted by Crippen LogP contribution is -2.11. The monoisotopic (exact) mass is 434 g/mol. The van der Waals surface area contributed by atoms with Gasteiger partial charge < -0.3 is 10.7 Å². The van der Waals surface area contributed by atoms with Gasteiger partial charge >= 0.3 is 0 Å². The predicted molar refractivity (Wildman–Crippen MR) is 107 cm³/mol. The summed E-state index contributed by atoms with van der Waals surface area (Å²) < 4.78 is 43.7. The highest BCUT2D eigenvalue weighted by molar-refractivity contribution is 6.35. The van der Waals surface area contributed by atoms with Gasteiger partial charge in [0.25, 0.3) is 5.56 Å². The van der Waals surface area contributed by atoms with Crippen molar-refractivity contribution in [1.29, 1.82) is 0 Å². The summed E-state index contributed by atoms with van der Waals surface area (Å²) in [6.07, 6.45) is 1.15. The van der Waals surface area contributed by atoms with Crippen molar-refractivity contribution in [2.75, 3.05) is 0 Å². The zero-order chi connectivity index (χ0) is 20.9. The van der Waals surface area contributed by atoms with Gasteiger partial charge in [0.2, 0.25) is 5.91 Å². The number of aromatic amines is 1. The normalized spacial score (nSPS) is 10.8. The average Bonchev–Trinajstić information content (AvgIpc) is 3.06. The van der Waals surface area contributed by atoms with Gasteiger partial charge in [-0.1, -0.05) is 25.1 Å². The van der Waals surface area contributed by atoms with Gasteiger partial charge in [0, 0.05) is 17.3 Å². The first kappa shape index (κ1) is 21.1. The Morgan fingerprint density at radius 3 is 2.43 bits per heavy atom. The molecule has 154 valence electrons. The number of nitrogens with two attached hydrogens (primary N) is 1. The van der Waals surface area contributed by atoms with Crippen molar-refractivity contribution in [3.05, 3.63) is 81.0 Å². The van der Waals surface area contributed by atoms with Crippen LogP contribution in [0.3, 0.4) is 0 Å². The Balaban J connectivity index is 0.00000256. The number of carbonyl (C=O) groups excluding carboxylic acids is 1. The molecule has 0 bridgehead atoms. The summed E-state index contributed by atoms with van der Waals surface area (Å²) in [6.45, 7) is 0. The zero-order valence-corrected chi connectivity index (χ0v) is 15.1. The minimum Gasteiger partial charge on any atom is -0.366 e. The van der Waals surface area contributed by atoms with Crippen LogP contribution in [0.15, 0.2) is 47.4 Å². The minimum absolute atomic E-state index is 0. The van der Waals surface area contributed by atoms with Crippen molar-refractivity contribution in [1.82, 2.24) is 14.8 Å². The highest BCUT2D eigenvalue weighted by atomic mass is 35.5. The van der Waals surface area contributed by atoms with Crippen LogP contribution in [0.5, 0.6) is 0 Å². The van der Waals surface area contributed by atoms with Gasteiger partial charge in [-0.2, -0.15) is 5.10 Å². The molecule has 0 spiro atoms. The molecule has 2 aromatic carbocycles. The van der Waals surface area contributed by atoms with Gasteiger partial charge in [-0.25, -0.2) is 17.9 Å². The van der Waals surface area contributed by atoms with Crippen molar-refractivity contribution >= 4 is 28.4 Å². The zero-order valence-electron chi connectivity index (χ0n) is 14.3. The molecule has 6 nitrogen and oxygen atoms in total. The third-order valence-corrected chi connectivity index (χ3v) is 4.56. The van der Waals surface area contributed by atoms with Gasteiger partial charge in [-0.3, -0.25) is 9.59 Å². The highest BCUT2D eigenvalue weighted by Crippen LogP contribution is 2.33. The number of nitrogens with one attached hydrogen (secondary N) is 1. The predicted octanol–water partition coefficient (Wildman–Crippen LogP) is 4.19. The number of para-hydroxylation sites is 1. The summed E-state index contributed by atoms with van der Waals surface area (Å²) in [6, 6.07) is 6.34. The van der Waals surface area contributed by atoms with E-state index in [9.17, 15) is 22.8 Å². The van der Waals surface area contributed by atoms with E-state index in [-0.39, 0.29) is 40.2 Å². The number of pyridine rings is 1. The average molecular weight is 435 g/mol. The second kappa shape index (κ2) is 7.68. The molecule has 0 aliphatic heterocycles. The van der Waals surface area contributed by atoms with Crippen molar-refractivity contribution < 1.29 is 18.0 Å². The van der Waals surface area contributed by atoms with Crippen molar-refractivity contribution in [2.45, 2.75) is 7.43 Å². The van der Waals surface area contributed by atoms with Crippen molar-refractivity contribution in [3.63, 3.8) is 0 Å². The number of benzene rings is 2. The van der Waals surface area contributed by atoms with Crippen molar-refractivity contribution in [2.24, 2.45) is 5.73 Å². The molecule has 4 aromatic rings. The molecule has 2 heterocycles. The fraction of sp³-hybridized carbons (Fsp3) is 0.0500. The largest absolute Gasteiger partial charge is 0.366 e. The number of halogens is 4. The fourth-order valence-corrected chi connectivity index (χ4v) is 3.28. The maximum atomic E-state index is 14.4. The van der Waals surface area contributed by atoms with Gasteiger partial charge in [-0.15, -0.1) is 0 Å². The molecular weight excluding hydrogens is 421 g/mol. The molecule has 0 aliphatic carbocycles. The Morgan fingerprint density at radius 2 is 1.80 bits per heavy atom. The van der Waals surface area contributed by atoms with Crippen LogP contribution in [-0.4, -0.2) is 20.7 Å². The highest BCUT2D eigenvalue weighted by Gasteiger charge is 2.23. The lowest BCUT2D eigenvalue weighted by molar-refractivity contribution is 0.1000. The standard InChI is InChI=1S/C19H10ClF3N4O2.CH4/c20-11-7-25-19(29)14-15(8-4-9(18(24)28)6-10(21)5-8)26-27(16(11)14)17-12(22)2-1-3-13(17)23;/h1-7H,(H2,24,28)(H,25,29);1H4. The molecule has 1 amide bonds. The van der Waals surface area contributed by atoms with E-state index < -0.39 is 34.6 Å². The molecule has 4 rings (SSSR count). The first-order chi connectivity index (χ1) is 13.8. The number of aromatic nitrogens is 3. The number of primary amides is 1. The van der Waals surface area contributed by atoms with Crippen LogP contribution in [-0.2, 0) is 0 Å². The third kappa shape index (κ3) is 3.33. The summed E-state index contributed by atoms with van der Waals surface area (Å²) >= 11 is 6.18. The topological polar surface area (TPSA) is 93.8 Å². The molecule has 10 heteroatoms. The van der Waals surface area contributed by atoms with Crippen LogP contribution in [0.25, 0.3) is 27.8 Å². The number of hydrogen-bond acceptors (Lipinski definition) is 3. The molecule has 0 radical (unpaired) electrons. The Morgan fingerprint density at radius 1 is 1.13 bits per heavy atom. The Labute approximate surface area is 172 Å². The summed E-state index contributed by atoms with van der Waals surface area (Å²) in [5.74, 6) is -3.61. The second-order valence-electron chi connectivity index (χ2n) is 6.11. The smallest absolute Gasteiger partial charge is 0.259 e. The van der Waals surface area contributed by atoms with Crippen LogP contribution >= 0.6 is 11.6 Å². The van der Waals surface area contributed by atoms with Crippen LogP contribution in [0.2, 0.25) is 5.02 Å². The summed E-state index contributed by atoms with van der Waals surface area (Å²) in [7, 11) is 0. The van der Waals surface area contributed by atoms with Crippen LogP contribution < -0.4 is 11.3 Å². The maximum absolute atomic E-state index is 14.4. The molecule has 0 fully saturated rings. The lowest BCUT2D eigenvalue weighted by Gasteiger charge is -2.07. The van der Waals surface area contributed by atoms with Gasteiger partial charge in [-0.05, 0) is 30.3 Å². The van der Waals surface area contributed by atoms with E-state index in [2.05, 4.69) is 10.1 Å². The summed E-state index contributed by atoms with van der Waals surface area (Å²) in [5.41, 5.74) is 3.60. The number of nitrogens with zero attached hydrogens (tertiary/aromatic N) is 2. The van der Waals surface area contributed by atoms with Crippen LogP contribution in [0.1, 0.15) is 17.8 Å². The van der Waals surface area contributed by atoms with Gasteiger partial charge in [0.05, 0.1) is 10.4 Å². The Bertz CT molecular complexity index is 1340. The molecular formula is C20H14ClF3N4O2. The number of amides is 1. The molecule has 30 heavy (non-hydrogen) atoms. The van der Waals surface area contributed by atoms with E-state index >= 15 is 0 Å². The van der Waals surface area contributed by atoms with Crippen molar-refractivity contribution in [3.8, 4) is 16.9 Å². The minimum atomic E-state index is -0.950. The van der Waals surface area contributed by atoms with Gasteiger partial charge in [0.15, 0.2) is 11.6 Å². The first-order valence-corrected chi connectivity index (χ1v) is 8.51. The second-order valence-corrected chi connectivity index (χ2v) is 6.52. The van der Waals surface area contributed by atoms with Crippen LogP contribution in [0.4, 0.5) is 13.2 Å². The number of fused-ring (bicyclic) bond motifs is 1. The fourth-order valence-electron chi connectivity index (χ4n) is 3.05. The summed E-state index contributed by atoms with van der Waals surface area (Å²) in [4.78, 5) is 26.4. The third-order valence-electron chi connectivity index (χ3n) is 4.27. The number of rotatable bonds is 3. The first-order valence-electron chi connectivity index (χ1n) is 8.13. The maximum Gasteiger partial charge on any atom is 0.259 e. The Kier molecular flexibility index (Phi) is 5.41. The number of hydrogen-bond donors (Lipinski definition) is 2. The van der Waals surface area contributed by atoms with E-state index in [0.29, 0.717) is 0 Å². The molecule has 2 aromatic heterocycles. The lowest BCUT2D eigenvalue weighted by atomic mass is 10.1. The molecule has 0 unspecified atom stereocenters. The van der Waals surface area contributed by atoms with Gasteiger partial charge in [0.1, 0.15) is 22.7 Å². The molecule has 0 atom stereocenters.